The van der Waals surface area contributed by atoms with Crippen LogP contribution in [0.4, 0.5) is 11.6 Å². The zero-order chi connectivity index (χ0) is 27.8. The highest BCUT2D eigenvalue weighted by Gasteiger charge is 2.41. The van der Waals surface area contributed by atoms with Gasteiger partial charge in [0, 0.05) is 55.2 Å². The maximum atomic E-state index is 12.7. The number of nitro benzene ring substituents is 1. The number of anilines is 1. The monoisotopic (exact) mass is 528 g/mol. The molecule has 1 aromatic carbocycles. The molecule has 2 aromatic rings. The van der Waals surface area contributed by atoms with Crippen molar-refractivity contribution in [3.63, 3.8) is 0 Å². The second kappa shape index (κ2) is 12.6. The number of nitrogen functional groups attached to an aromatic ring is 1. The van der Waals surface area contributed by atoms with Crippen molar-refractivity contribution in [2.75, 3.05) is 12.8 Å². The summed E-state index contributed by atoms with van der Waals surface area (Å²) in [6, 6.07) is 7.53. The number of aromatic nitrogens is 2. The first-order valence-electron chi connectivity index (χ1n) is 11.7. The standard InChI is InChI=1S/C20H24N6O4.C4H4O4/c1-30-19-17(10-22-20(21)24-19)18(27)23-13-8-15-6-7-16(9-13)25(15)11-12-2-4-14(5-3-12)26(28)29;5-3(6)1-2-4(7)8/h2-5,10,13,15-16H,6-9,11H2,1H3,(H,23,27)(H2,21,22,24);1-2H,(H,5,6)(H,7,8)/b;2-1-/t13?,15-,16+;. The Morgan fingerprint density at radius 2 is 1.74 bits per heavy atom. The quantitative estimate of drug-likeness (QED) is 0.219. The fourth-order valence-electron chi connectivity index (χ4n) is 4.68. The molecule has 0 spiro atoms. The molecule has 1 aromatic heterocycles. The van der Waals surface area contributed by atoms with Crippen LogP contribution in [0.2, 0.25) is 0 Å². The van der Waals surface area contributed by atoms with E-state index in [0.717, 1.165) is 37.8 Å². The molecule has 2 aliphatic rings. The molecular weight excluding hydrogens is 500 g/mol. The summed E-state index contributed by atoms with van der Waals surface area (Å²) >= 11 is 0. The lowest BCUT2D eigenvalue weighted by molar-refractivity contribution is -0.384. The number of benzene rings is 1. The molecule has 0 saturated carbocycles. The number of nitro groups is 1. The van der Waals surface area contributed by atoms with Gasteiger partial charge in [0.2, 0.25) is 11.8 Å². The van der Waals surface area contributed by atoms with Gasteiger partial charge < -0.3 is 26.0 Å². The van der Waals surface area contributed by atoms with E-state index in [1.807, 2.05) is 12.1 Å². The van der Waals surface area contributed by atoms with Crippen LogP contribution in [-0.4, -0.2) is 73.1 Å². The van der Waals surface area contributed by atoms with Gasteiger partial charge in [-0.05, 0) is 31.2 Å². The van der Waals surface area contributed by atoms with Crippen LogP contribution in [0.1, 0.15) is 41.6 Å². The maximum absolute atomic E-state index is 12.7. The lowest BCUT2D eigenvalue weighted by Gasteiger charge is -2.39. The molecule has 202 valence electrons. The second-order valence-corrected chi connectivity index (χ2v) is 8.78. The van der Waals surface area contributed by atoms with E-state index < -0.39 is 11.9 Å². The van der Waals surface area contributed by atoms with Crippen LogP contribution in [0.15, 0.2) is 42.6 Å². The van der Waals surface area contributed by atoms with Crippen molar-refractivity contribution in [3.8, 4) is 5.88 Å². The molecule has 0 aliphatic carbocycles. The highest BCUT2D eigenvalue weighted by molar-refractivity contribution is 5.96. The summed E-state index contributed by atoms with van der Waals surface area (Å²) in [7, 11) is 1.44. The Labute approximate surface area is 217 Å². The summed E-state index contributed by atoms with van der Waals surface area (Å²) in [4.78, 5) is 52.6. The Balaban J connectivity index is 0.000000436. The number of aliphatic carboxylic acids is 2. The lowest BCUT2D eigenvalue weighted by atomic mass is 9.96. The highest BCUT2D eigenvalue weighted by atomic mass is 16.6. The molecular formula is C24H28N6O8. The van der Waals surface area contributed by atoms with Gasteiger partial charge in [0.15, 0.2) is 0 Å². The van der Waals surface area contributed by atoms with Gasteiger partial charge in [-0.15, -0.1) is 0 Å². The Hall–Kier alpha value is -4.59. The number of methoxy groups -OCH3 is 1. The topological polar surface area (TPSA) is 211 Å². The summed E-state index contributed by atoms with van der Waals surface area (Å²) in [6.45, 7) is 0.758. The maximum Gasteiger partial charge on any atom is 0.328 e. The van der Waals surface area contributed by atoms with Gasteiger partial charge in [-0.2, -0.15) is 4.98 Å². The first-order chi connectivity index (χ1) is 18.1. The molecule has 1 unspecified atom stereocenters. The number of carbonyl (C=O) groups excluding carboxylic acids is 1. The average Bonchev–Trinajstić information content (AvgIpc) is 3.10. The zero-order valence-electron chi connectivity index (χ0n) is 20.5. The van der Waals surface area contributed by atoms with Crippen molar-refractivity contribution in [1.29, 1.82) is 0 Å². The smallest absolute Gasteiger partial charge is 0.328 e. The van der Waals surface area contributed by atoms with E-state index in [4.69, 9.17) is 20.7 Å². The lowest BCUT2D eigenvalue weighted by Crippen LogP contribution is -2.50. The second-order valence-electron chi connectivity index (χ2n) is 8.78. The third-order valence-electron chi connectivity index (χ3n) is 6.31. The number of nitrogens with zero attached hydrogens (tertiary/aromatic N) is 4. The van der Waals surface area contributed by atoms with E-state index >= 15 is 0 Å². The number of fused-ring (bicyclic) bond motifs is 2. The Morgan fingerprint density at radius 1 is 1.16 bits per heavy atom. The summed E-state index contributed by atoms with van der Waals surface area (Å²) in [5, 5.41) is 29.6. The third kappa shape index (κ3) is 7.46. The number of hydrogen-bond acceptors (Lipinski definition) is 10. The van der Waals surface area contributed by atoms with Gasteiger partial charge in [0.25, 0.3) is 11.6 Å². The number of nitrogens with two attached hydrogens (primary N) is 1. The largest absolute Gasteiger partial charge is 0.480 e. The van der Waals surface area contributed by atoms with Crippen molar-refractivity contribution in [1.82, 2.24) is 20.2 Å². The molecule has 2 saturated heterocycles. The number of rotatable bonds is 8. The Morgan fingerprint density at radius 3 is 2.24 bits per heavy atom. The molecule has 3 atom stereocenters. The van der Waals surface area contributed by atoms with Gasteiger partial charge in [-0.3, -0.25) is 19.8 Å². The summed E-state index contributed by atoms with van der Waals surface area (Å²) in [6.07, 6.45) is 6.37. The van der Waals surface area contributed by atoms with E-state index in [1.165, 1.54) is 13.3 Å². The third-order valence-corrected chi connectivity index (χ3v) is 6.31. The number of hydrogen-bond donors (Lipinski definition) is 4. The van der Waals surface area contributed by atoms with Gasteiger partial charge in [0.1, 0.15) is 5.56 Å². The fraction of sp³-hybridized carbons (Fsp3) is 0.375. The number of carboxylic acid groups (broad SMARTS) is 2. The fourth-order valence-corrected chi connectivity index (χ4v) is 4.68. The highest BCUT2D eigenvalue weighted by Crippen LogP contribution is 2.37. The van der Waals surface area contributed by atoms with Gasteiger partial charge in [-0.25, -0.2) is 14.6 Å². The summed E-state index contributed by atoms with van der Waals surface area (Å²) in [5.41, 5.74) is 6.99. The first kappa shape index (κ1) is 28.0. The van der Waals surface area contributed by atoms with E-state index in [-0.39, 0.29) is 40.0 Å². The molecule has 2 bridgehead atoms. The molecule has 5 N–H and O–H groups in total. The van der Waals surface area contributed by atoms with Crippen LogP contribution in [0, 0.1) is 10.1 Å². The van der Waals surface area contributed by atoms with Crippen LogP contribution in [0.3, 0.4) is 0 Å². The van der Waals surface area contributed by atoms with Crippen LogP contribution < -0.4 is 15.8 Å². The zero-order valence-corrected chi connectivity index (χ0v) is 20.5. The first-order valence-corrected chi connectivity index (χ1v) is 11.7. The molecule has 3 heterocycles. The summed E-state index contributed by atoms with van der Waals surface area (Å²) in [5.74, 6) is -2.56. The minimum Gasteiger partial charge on any atom is -0.480 e. The van der Waals surface area contributed by atoms with Crippen molar-refractivity contribution < 1.29 is 34.3 Å². The van der Waals surface area contributed by atoms with Crippen LogP contribution in [-0.2, 0) is 16.1 Å². The predicted molar refractivity (Wildman–Crippen MR) is 133 cm³/mol. The number of ether oxygens (including phenoxy) is 1. The SMILES string of the molecule is COc1nc(N)ncc1C(=O)NC1C[C@H]2CC[C@@H](C1)N2Cc1ccc([N+](=O)[O-])cc1.O=C(O)/C=C\C(=O)O. The molecule has 14 nitrogen and oxygen atoms in total. The Bertz CT molecular complexity index is 1190. The van der Waals surface area contributed by atoms with Crippen LogP contribution in [0.25, 0.3) is 0 Å². The number of piperidine rings is 1. The van der Waals surface area contributed by atoms with E-state index in [9.17, 15) is 24.5 Å². The molecule has 0 radical (unpaired) electrons. The number of carbonyl (C=O) groups is 3. The normalized spacial score (nSPS) is 20.3. The van der Waals surface area contributed by atoms with Gasteiger partial charge in [-0.1, -0.05) is 12.1 Å². The number of nitrogens with one attached hydrogen (secondary N) is 1. The molecule has 38 heavy (non-hydrogen) atoms. The Kier molecular flexibility index (Phi) is 9.27. The number of amides is 1. The van der Waals surface area contributed by atoms with E-state index in [2.05, 4.69) is 20.2 Å². The number of carboxylic acids is 2. The van der Waals surface area contributed by atoms with Crippen LogP contribution in [0.5, 0.6) is 5.88 Å². The van der Waals surface area contributed by atoms with Crippen LogP contribution >= 0.6 is 0 Å². The van der Waals surface area contributed by atoms with Crippen molar-refractivity contribution in [2.45, 2.75) is 50.4 Å². The van der Waals surface area contributed by atoms with Crippen molar-refractivity contribution in [3.05, 3.63) is 63.9 Å². The minimum atomic E-state index is -1.26. The van der Waals surface area contributed by atoms with Gasteiger partial charge in [0.05, 0.1) is 12.0 Å². The summed E-state index contributed by atoms with van der Waals surface area (Å²) < 4.78 is 5.16. The molecule has 4 rings (SSSR count). The molecule has 1 amide bonds. The predicted octanol–water partition coefficient (Wildman–Crippen LogP) is 1.61. The average molecular weight is 529 g/mol. The van der Waals surface area contributed by atoms with Crippen molar-refractivity contribution >= 4 is 29.5 Å². The van der Waals surface area contributed by atoms with E-state index in [0.29, 0.717) is 24.2 Å². The molecule has 2 aliphatic heterocycles. The minimum absolute atomic E-state index is 0.0565. The van der Waals surface area contributed by atoms with Gasteiger partial charge >= 0.3 is 11.9 Å². The molecule has 14 heteroatoms. The molecule has 2 fully saturated rings. The van der Waals surface area contributed by atoms with Crippen molar-refractivity contribution in [2.24, 2.45) is 0 Å². The number of non-ortho nitro benzene ring substituents is 1. The van der Waals surface area contributed by atoms with E-state index in [1.54, 1.807) is 12.1 Å².